The molecule has 1 aromatic heterocycles. The summed E-state index contributed by atoms with van der Waals surface area (Å²) in [6, 6.07) is 7.10. The number of hydrogen-bond acceptors (Lipinski definition) is 9. The summed E-state index contributed by atoms with van der Waals surface area (Å²) in [5, 5.41) is 14.1. The minimum absolute atomic E-state index is 0.0831. The van der Waals surface area contributed by atoms with E-state index in [9.17, 15) is 23.9 Å². The van der Waals surface area contributed by atoms with Crippen LogP contribution in [-0.2, 0) is 16.1 Å². The van der Waals surface area contributed by atoms with Crippen LogP contribution in [0, 0.1) is 11.7 Å². The van der Waals surface area contributed by atoms with Crippen LogP contribution < -0.4 is 20.5 Å². The summed E-state index contributed by atoms with van der Waals surface area (Å²) in [6.45, 7) is 5.28. The molecule has 2 aliphatic rings. The van der Waals surface area contributed by atoms with Gasteiger partial charge in [-0.2, -0.15) is 0 Å². The van der Waals surface area contributed by atoms with Gasteiger partial charge in [-0.05, 0) is 63.0 Å². The first kappa shape index (κ1) is 28.2. The van der Waals surface area contributed by atoms with Crippen molar-refractivity contribution in [1.82, 2.24) is 14.8 Å². The van der Waals surface area contributed by atoms with Crippen molar-refractivity contribution in [2.75, 3.05) is 38.1 Å². The summed E-state index contributed by atoms with van der Waals surface area (Å²) >= 11 is 0. The SMILES string of the molecule is C/C=C(/NCC(O)C1CCN(CC2Cn3c(c(/N=C\C=O)ccc3=O)N2C)CC1)c1cc(F)ccc1OC=O. The molecule has 2 unspecified atom stereocenters. The number of pyridine rings is 1. The van der Waals surface area contributed by atoms with Crippen LogP contribution in [0.25, 0.3) is 5.70 Å². The van der Waals surface area contributed by atoms with E-state index < -0.39 is 11.9 Å². The minimum atomic E-state index is -0.610. The third-order valence-electron chi connectivity index (χ3n) is 7.53. The van der Waals surface area contributed by atoms with E-state index in [0.29, 0.717) is 42.1 Å². The number of ether oxygens (including phenoxy) is 1. The lowest BCUT2D eigenvalue weighted by molar-refractivity contribution is -0.120. The number of aliphatic hydroxyl groups is 1. The lowest BCUT2D eigenvalue weighted by Crippen LogP contribution is -2.46. The second-order valence-electron chi connectivity index (χ2n) is 9.81. The zero-order valence-electron chi connectivity index (χ0n) is 22.1. The lowest BCUT2D eigenvalue weighted by atomic mass is 9.90. The molecule has 2 aliphatic heterocycles. The Balaban J connectivity index is 1.31. The van der Waals surface area contributed by atoms with Gasteiger partial charge in [-0.1, -0.05) is 6.08 Å². The maximum atomic E-state index is 13.9. The number of carbonyl (C=O) groups is 2. The number of likely N-dealkylation sites (tertiary alicyclic amines) is 1. The van der Waals surface area contributed by atoms with E-state index in [1.54, 1.807) is 23.6 Å². The topological polar surface area (TPSA) is 116 Å². The second kappa shape index (κ2) is 12.8. The first-order chi connectivity index (χ1) is 18.9. The van der Waals surface area contributed by atoms with E-state index in [4.69, 9.17) is 4.74 Å². The van der Waals surface area contributed by atoms with Crippen molar-refractivity contribution in [1.29, 1.82) is 0 Å². The fraction of sp³-hybridized carbons (Fsp3) is 0.429. The van der Waals surface area contributed by atoms with Crippen LogP contribution in [0.3, 0.4) is 0 Å². The number of likely N-dealkylation sites (N-methyl/N-ethyl adjacent to an activating group) is 1. The molecule has 0 spiro atoms. The Morgan fingerprint density at radius 2 is 2.03 bits per heavy atom. The molecule has 10 nitrogen and oxygen atoms in total. The quantitative estimate of drug-likeness (QED) is 0.329. The Labute approximate surface area is 226 Å². The number of aliphatic imine (C=N–C) groups is 1. The van der Waals surface area contributed by atoms with Crippen molar-refractivity contribution in [3.63, 3.8) is 0 Å². The van der Waals surface area contributed by atoms with Gasteiger partial charge in [0, 0.05) is 44.0 Å². The predicted molar refractivity (Wildman–Crippen MR) is 147 cm³/mol. The van der Waals surface area contributed by atoms with Gasteiger partial charge in [0.2, 0.25) is 0 Å². The molecule has 208 valence electrons. The van der Waals surface area contributed by atoms with Gasteiger partial charge in [0.15, 0.2) is 6.29 Å². The Hall–Kier alpha value is -3.83. The number of allylic oxidation sites excluding steroid dienone is 1. The van der Waals surface area contributed by atoms with Crippen LogP contribution in [0.2, 0.25) is 0 Å². The average Bonchev–Trinajstić information content (AvgIpc) is 3.27. The predicted octanol–water partition coefficient (Wildman–Crippen LogP) is 1.97. The van der Waals surface area contributed by atoms with Crippen molar-refractivity contribution >= 4 is 36.2 Å². The monoisotopic (exact) mass is 539 g/mol. The summed E-state index contributed by atoms with van der Waals surface area (Å²) in [7, 11) is 1.94. The van der Waals surface area contributed by atoms with Gasteiger partial charge in [-0.3, -0.25) is 19.0 Å². The Morgan fingerprint density at radius 1 is 1.26 bits per heavy atom. The van der Waals surface area contributed by atoms with Gasteiger partial charge < -0.3 is 25.0 Å². The molecule has 1 aromatic carbocycles. The maximum Gasteiger partial charge on any atom is 0.298 e. The van der Waals surface area contributed by atoms with Crippen LogP contribution in [0.1, 0.15) is 25.3 Å². The molecule has 1 fully saturated rings. The first-order valence-corrected chi connectivity index (χ1v) is 13.0. The Morgan fingerprint density at radius 3 is 2.72 bits per heavy atom. The number of fused-ring (bicyclic) bond motifs is 1. The number of piperidine rings is 1. The third kappa shape index (κ3) is 6.43. The van der Waals surface area contributed by atoms with Crippen LogP contribution in [0.4, 0.5) is 15.9 Å². The number of nitrogens with zero attached hydrogens (tertiary/aromatic N) is 4. The van der Waals surface area contributed by atoms with E-state index >= 15 is 0 Å². The van der Waals surface area contributed by atoms with Crippen molar-refractivity contribution in [2.24, 2.45) is 10.9 Å². The number of anilines is 1. The van der Waals surface area contributed by atoms with Gasteiger partial charge in [0.05, 0.1) is 18.4 Å². The molecular formula is C28H34FN5O5. The van der Waals surface area contributed by atoms with Crippen LogP contribution in [-0.4, -0.2) is 78.9 Å². The number of halogens is 1. The number of aromatic nitrogens is 1. The average molecular weight is 540 g/mol. The maximum absolute atomic E-state index is 13.9. The molecule has 1 saturated heterocycles. The Kier molecular flexibility index (Phi) is 9.26. The molecule has 2 N–H and O–H groups in total. The summed E-state index contributed by atoms with van der Waals surface area (Å²) in [5.74, 6) is 0.582. The van der Waals surface area contributed by atoms with E-state index in [1.807, 2.05) is 7.05 Å². The van der Waals surface area contributed by atoms with E-state index in [2.05, 4.69) is 20.1 Å². The largest absolute Gasteiger partial charge is 0.428 e. The van der Waals surface area contributed by atoms with Gasteiger partial charge in [-0.25, -0.2) is 9.38 Å². The summed E-state index contributed by atoms with van der Waals surface area (Å²) in [6.07, 6.45) is 4.56. The number of nitrogens with one attached hydrogen (secondary N) is 1. The molecule has 0 amide bonds. The van der Waals surface area contributed by atoms with Gasteiger partial charge in [-0.15, -0.1) is 0 Å². The van der Waals surface area contributed by atoms with Gasteiger partial charge in [0.25, 0.3) is 12.0 Å². The lowest BCUT2D eigenvalue weighted by Gasteiger charge is -2.36. The second-order valence-corrected chi connectivity index (χ2v) is 9.81. The highest BCUT2D eigenvalue weighted by atomic mass is 19.1. The highest BCUT2D eigenvalue weighted by Crippen LogP contribution is 2.33. The number of carbonyl (C=O) groups excluding carboxylic acids is 2. The molecule has 11 heteroatoms. The third-order valence-corrected chi connectivity index (χ3v) is 7.53. The minimum Gasteiger partial charge on any atom is -0.428 e. The highest BCUT2D eigenvalue weighted by molar-refractivity contribution is 6.13. The molecular weight excluding hydrogens is 505 g/mol. The van der Waals surface area contributed by atoms with E-state index in [1.165, 1.54) is 30.5 Å². The first-order valence-electron chi connectivity index (χ1n) is 13.0. The van der Waals surface area contributed by atoms with E-state index in [-0.39, 0.29) is 29.8 Å². The fourth-order valence-electron chi connectivity index (χ4n) is 5.42. The van der Waals surface area contributed by atoms with Crippen molar-refractivity contribution in [3.8, 4) is 5.75 Å². The Bertz CT molecular complexity index is 1300. The molecule has 3 heterocycles. The standard InChI is InChI=1S/C28H34FN5O5/c1-3-23(22-14-20(29)4-6-26(22)39-18-36)31-15-25(37)19-8-11-33(12-9-19)16-21-17-34-27(38)7-5-24(30-10-13-35)28(34)32(21)2/h3-7,10,13-14,18-19,21,25,31,37H,8-9,11-12,15-17H2,1-2H3/b23-3+,30-10-. The number of aldehydes is 1. The molecule has 0 saturated carbocycles. The van der Waals surface area contributed by atoms with Gasteiger partial charge in [0.1, 0.15) is 23.1 Å². The van der Waals surface area contributed by atoms with Crippen molar-refractivity contribution < 1.29 is 23.8 Å². The number of benzene rings is 1. The van der Waals surface area contributed by atoms with Crippen molar-refractivity contribution in [3.05, 3.63) is 58.1 Å². The highest BCUT2D eigenvalue weighted by Gasteiger charge is 2.33. The van der Waals surface area contributed by atoms with Crippen LogP contribution in [0.5, 0.6) is 5.75 Å². The molecule has 2 atom stereocenters. The summed E-state index contributed by atoms with van der Waals surface area (Å²) in [4.78, 5) is 42.6. The summed E-state index contributed by atoms with van der Waals surface area (Å²) < 4.78 is 20.5. The molecule has 39 heavy (non-hydrogen) atoms. The number of rotatable bonds is 11. The van der Waals surface area contributed by atoms with Crippen LogP contribution >= 0.6 is 0 Å². The smallest absolute Gasteiger partial charge is 0.298 e. The molecule has 0 radical (unpaired) electrons. The van der Waals surface area contributed by atoms with Gasteiger partial charge >= 0.3 is 0 Å². The normalized spacial score (nSPS) is 19.2. The molecule has 4 rings (SSSR count). The number of hydrogen-bond donors (Lipinski definition) is 2. The number of aliphatic hydroxyl groups excluding tert-OH is 1. The fourth-order valence-corrected chi connectivity index (χ4v) is 5.42. The summed E-state index contributed by atoms with van der Waals surface area (Å²) in [5.41, 5.74) is 1.47. The molecule has 2 aromatic rings. The molecule has 0 bridgehead atoms. The zero-order chi connectivity index (χ0) is 27.9. The molecule has 0 aliphatic carbocycles. The van der Waals surface area contributed by atoms with Crippen molar-refractivity contribution in [2.45, 2.75) is 38.5 Å². The van der Waals surface area contributed by atoms with E-state index in [0.717, 1.165) is 32.5 Å². The van der Waals surface area contributed by atoms with Crippen LogP contribution in [0.15, 0.2) is 46.2 Å². The zero-order valence-corrected chi connectivity index (χ0v) is 22.1.